The van der Waals surface area contributed by atoms with Crippen LogP contribution in [0.5, 0.6) is 0 Å². The average molecular weight is 240 g/mol. The zero-order valence-corrected chi connectivity index (χ0v) is 10.3. The second-order valence-electron chi connectivity index (χ2n) is 2.81. The van der Waals surface area contributed by atoms with Crippen molar-refractivity contribution in [1.82, 2.24) is 0 Å². The fraction of sp³-hybridized carbons (Fsp3) is 0.875. The lowest BCUT2D eigenvalue weighted by molar-refractivity contribution is -0.180. The van der Waals surface area contributed by atoms with Crippen molar-refractivity contribution >= 4 is 13.3 Å². The van der Waals surface area contributed by atoms with Gasteiger partial charge in [-0.3, -0.25) is 9.36 Å². The number of esters is 1. The Labute approximate surface area is 89.2 Å². The van der Waals surface area contributed by atoms with E-state index in [0.717, 1.165) is 0 Å². The van der Waals surface area contributed by atoms with Crippen LogP contribution in [0.4, 0.5) is 0 Å². The number of hydrogen-bond donors (Lipinski definition) is 0. The van der Waals surface area contributed by atoms with Gasteiger partial charge in [0, 0.05) is 7.11 Å². The maximum absolute atomic E-state index is 12.1. The van der Waals surface area contributed by atoms with Gasteiger partial charge in [0.1, 0.15) is 12.0 Å². The summed E-state index contributed by atoms with van der Waals surface area (Å²) in [6.07, 6.45) is -0.194. The minimum absolute atomic E-state index is 0.194. The highest BCUT2D eigenvalue weighted by atomic mass is 31.2. The molecule has 0 bridgehead atoms. The fourth-order valence-corrected chi connectivity index (χ4v) is 2.33. The Morgan fingerprint density at radius 3 is 2.40 bits per heavy atom. The van der Waals surface area contributed by atoms with Gasteiger partial charge in [0.15, 0.2) is 0 Å². The lowest BCUT2D eigenvalue weighted by Crippen LogP contribution is -2.23. The Bertz CT molecular complexity index is 231. The molecule has 0 aliphatic carbocycles. The molecule has 0 heterocycles. The van der Waals surface area contributed by atoms with E-state index in [-0.39, 0.29) is 13.0 Å². The molecule has 0 radical (unpaired) electrons. The highest BCUT2D eigenvalue weighted by Gasteiger charge is 2.38. The molecule has 90 valence electrons. The quantitative estimate of drug-likeness (QED) is 0.290. The van der Waals surface area contributed by atoms with Crippen molar-refractivity contribution < 1.29 is 28.4 Å². The maximum atomic E-state index is 12.1. The molecule has 0 fully saturated rings. The first kappa shape index (κ1) is 14.6. The first-order valence-electron chi connectivity index (χ1n) is 4.48. The molecule has 0 aromatic carbocycles. The second kappa shape index (κ2) is 6.95. The Morgan fingerprint density at radius 2 is 2.00 bits per heavy atom. The molecule has 0 N–H and O–H groups in total. The molecular weight excluding hydrogens is 223 g/mol. The molecule has 0 aromatic heterocycles. The standard InChI is InChI=1S/C8H17O6P/c1-5-13-8(9)7(2)15(10,6-11-3)14-12-4/h7H,5-6H2,1-4H3. The maximum Gasteiger partial charge on any atom is 0.318 e. The van der Waals surface area contributed by atoms with Crippen molar-refractivity contribution in [3.63, 3.8) is 0 Å². The molecule has 0 aliphatic heterocycles. The molecule has 15 heavy (non-hydrogen) atoms. The predicted octanol–water partition coefficient (Wildman–Crippen LogP) is 1.40. The monoisotopic (exact) mass is 240 g/mol. The van der Waals surface area contributed by atoms with E-state index >= 15 is 0 Å². The van der Waals surface area contributed by atoms with Gasteiger partial charge in [0.2, 0.25) is 0 Å². The Balaban J connectivity index is 4.60. The number of carbonyl (C=O) groups is 1. The molecule has 0 aromatic rings. The minimum atomic E-state index is -3.32. The van der Waals surface area contributed by atoms with Gasteiger partial charge in [0.25, 0.3) is 7.37 Å². The van der Waals surface area contributed by atoms with Gasteiger partial charge in [-0.2, -0.15) is 4.67 Å². The van der Waals surface area contributed by atoms with Crippen LogP contribution in [-0.2, 0) is 28.4 Å². The molecule has 7 heteroatoms. The van der Waals surface area contributed by atoms with E-state index in [1.165, 1.54) is 21.1 Å². The van der Waals surface area contributed by atoms with Crippen molar-refractivity contribution in [3.05, 3.63) is 0 Å². The molecule has 0 rings (SSSR count). The van der Waals surface area contributed by atoms with Crippen LogP contribution in [0.2, 0.25) is 0 Å². The van der Waals surface area contributed by atoms with Crippen molar-refractivity contribution in [3.8, 4) is 0 Å². The summed E-state index contributed by atoms with van der Waals surface area (Å²) in [6, 6.07) is 0. The van der Waals surface area contributed by atoms with Gasteiger partial charge in [-0.25, -0.2) is 4.89 Å². The SMILES string of the molecule is CCOC(=O)C(C)P(=O)(COC)OOC. The Morgan fingerprint density at radius 1 is 1.40 bits per heavy atom. The summed E-state index contributed by atoms with van der Waals surface area (Å²) in [4.78, 5) is 15.7. The van der Waals surface area contributed by atoms with Crippen LogP contribution >= 0.6 is 7.37 Å². The minimum Gasteiger partial charge on any atom is -0.465 e. The summed E-state index contributed by atoms with van der Waals surface area (Å²) in [6.45, 7) is 3.35. The van der Waals surface area contributed by atoms with Gasteiger partial charge < -0.3 is 9.47 Å². The summed E-state index contributed by atoms with van der Waals surface area (Å²) in [5, 5.41) is 0. The summed E-state index contributed by atoms with van der Waals surface area (Å²) >= 11 is 0. The van der Waals surface area contributed by atoms with Crippen molar-refractivity contribution in [1.29, 1.82) is 0 Å². The molecule has 0 saturated heterocycles. The van der Waals surface area contributed by atoms with Gasteiger partial charge in [-0.15, -0.1) is 0 Å². The largest absolute Gasteiger partial charge is 0.465 e. The Hall–Kier alpha value is -0.420. The van der Waals surface area contributed by atoms with E-state index in [9.17, 15) is 9.36 Å². The number of methoxy groups -OCH3 is 1. The van der Waals surface area contributed by atoms with Crippen LogP contribution in [0.3, 0.4) is 0 Å². The summed E-state index contributed by atoms with van der Waals surface area (Å²) in [5.41, 5.74) is -0.905. The molecular formula is C8H17O6P. The second-order valence-corrected chi connectivity index (χ2v) is 5.45. The fourth-order valence-electron chi connectivity index (χ4n) is 0.927. The highest BCUT2D eigenvalue weighted by molar-refractivity contribution is 7.60. The average Bonchev–Trinajstić information content (AvgIpc) is 2.17. The van der Waals surface area contributed by atoms with Gasteiger partial charge in [-0.1, -0.05) is 0 Å². The van der Waals surface area contributed by atoms with Gasteiger partial charge >= 0.3 is 5.97 Å². The zero-order valence-electron chi connectivity index (χ0n) is 9.39. The van der Waals surface area contributed by atoms with E-state index in [1.54, 1.807) is 6.92 Å². The first-order valence-corrected chi connectivity index (χ1v) is 6.36. The molecule has 2 atom stereocenters. The molecule has 2 unspecified atom stereocenters. The van der Waals surface area contributed by atoms with Gasteiger partial charge in [-0.05, 0) is 13.8 Å². The summed E-state index contributed by atoms with van der Waals surface area (Å²) in [7, 11) is -0.728. The third kappa shape index (κ3) is 4.30. The number of carbonyl (C=O) groups excluding carboxylic acids is 1. The molecule has 6 nitrogen and oxygen atoms in total. The van der Waals surface area contributed by atoms with Crippen molar-refractivity contribution in [2.45, 2.75) is 19.5 Å². The third-order valence-corrected chi connectivity index (χ3v) is 4.14. The van der Waals surface area contributed by atoms with E-state index in [0.29, 0.717) is 0 Å². The van der Waals surface area contributed by atoms with E-state index in [2.05, 4.69) is 9.56 Å². The van der Waals surface area contributed by atoms with E-state index < -0.39 is 19.0 Å². The number of ether oxygens (including phenoxy) is 2. The topological polar surface area (TPSA) is 71.1 Å². The molecule has 0 spiro atoms. The third-order valence-electron chi connectivity index (χ3n) is 1.73. The predicted molar refractivity (Wildman–Crippen MR) is 53.7 cm³/mol. The summed E-state index contributed by atoms with van der Waals surface area (Å²) in [5.74, 6) is -0.588. The van der Waals surface area contributed by atoms with Crippen LogP contribution < -0.4 is 0 Å². The van der Waals surface area contributed by atoms with Crippen LogP contribution in [0.1, 0.15) is 13.8 Å². The lowest BCUT2D eigenvalue weighted by Gasteiger charge is -2.20. The van der Waals surface area contributed by atoms with Crippen molar-refractivity contribution in [2.24, 2.45) is 0 Å². The van der Waals surface area contributed by atoms with E-state index in [4.69, 9.17) is 9.47 Å². The molecule has 0 amide bonds. The van der Waals surface area contributed by atoms with Crippen molar-refractivity contribution in [2.75, 3.05) is 27.2 Å². The summed E-state index contributed by atoms with van der Waals surface area (Å²) < 4.78 is 26.2. The smallest absolute Gasteiger partial charge is 0.318 e. The first-order chi connectivity index (χ1) is 7.01. The highest BCUT2D eigenvalue weighted by Crippen LogP contribution is 2.52. The molecule has 0 aliphatic rings. The Kier molecular flexibility index (Phi) is 6.76. The number of hydrogen-bond acceptors (Lipinski definition) is 6. The van der Waals surface area contributed by atoms with Crippen LogP contribution in [0, 0.1) is 0 Å². The van der Waals surface area contributed by atoms with Crippen LogP contribution in [0.15, 0.2) is 0 Å². The normalized spacial score (nSPS) is 16.8. The lowest BCUT2D eigenvalue weighted by atomic mass is 10.5. The van der Waals surface area contributed by atoms with E-state index in [1.807, 2.05) is 0 Å². The van der Waals surface area contributed by atoms with Gasteiger partial charge in [0.05, 0.1) is 13.7 Å². The van der Waals surface area contributed by atoms with Crippen LogP contribution in [0.25, 0.3) is 0 Å². The zero-order chi connectivity index (χ0) is 11.9. The molecule has 0 saturated carbocycles. The van der Waals surface area contributed by atoms with Crippen LogP contribution in [-0.4, -0.2) is 38.8 Å². The number of rotatable bonds is 7.